The molecule has 1 nitrogen and oxygen atoms in total. The summed E-state index contributed by atoms with van der Waals surface area (Å²) in [6.45, 7) is 7.74. The van der Waals surface area contributed by atoms with Gasteiger partial charge in [0.2, 0.25) is 0 Å². The summed E-state index contributed by atoms with van der Waals surface area (Å²) in [5, 5.41) is 9.88. The number of aliphatic hydroxyl groups is 1. The van der Waals surface area contributed by atoms with Crippen LogP contribution in [0.3, 0.4) is 0 Å². The Morgan fingerprint density at radius 2 is 1.73 bits per heavy atom. The third-order valence-electron chi connectivity index (χ3n) is 2.11. The van der Waals surface area contributed by atoms with Gasteiger partial charge in [0.1, 0.15) is 0 Å². The molecule has 0 aromatic heterocycles. The van der Waals surface area contributed by atoms with Crippen LogP contribution in [0.15, 0.2) is 0 Å². The summed E-state index contributed by atoms with van der Waals surface area (Å²) >= 11 is 8.81. The van der Waals surface area contributed by atoms with Gasteiger partial charge in [0.25, 0.3) is 0 Å². The van der Waals surface area contributed by atoms with Crippen molar-refractivity contribution in [2.45, 2.75) is 39.7 Å². The maximum atomic E-state index is 9.88. The molecule has 0 aromatic carbocycles. The molecule has 0 unspecified atom stereocenters. The fourth-order valence-electron chi connectivity index (χ4n) is 0.560. The molecule has 0 saturated heterocycles. The predicted molar refractivity (Wildman–Crippen MR) is 56.3 cm³/mol. The first kappa shape index (κ1) is 11.4. The van der Waals surface area contributed by atoms with E-state index in [1.165, 1.54) is 0 Å². The van der Waals surface area contributed by atoms with Gasteiger partial charge in [0, 0.05) is 10.6 Å². The van der Waals surface area contributed by atoms with Crippen LogP contribution in [0, 0.1) is 5.41 Å². The van der Waals surface area contributed by atoms with E-state index in [0.29, 0.717) is 10.6 Å². The highest BCUT2D eigenvalue weighted by atomic mass is 32.1. The van der Waals surface area contributed by atoms with Crippen molar-refractivity contribution in [1.82, 2.24) is 0 Å². The Hall–Kier alpha value is 0.400. The van der Waals surface area contributed by atoms with Gasteiger partial charge in [0.15, 0.2) is 0 Å². The Balaban J connectivity index is 4.34. The molecule has 1 N–H and O–H groups in total. The zero-order valence-corrected chi connectivity index (χ0v) is 9.22. The molecular formula is C8H16OS2. The van der Waals surface area contributed by atoms with E-state index >= 15 is 0 Å². The number of hydrogen-bond donors (Lipinski definition) is 2. The zero-order chi connectivity index (χ0) is 9.28. The Bertz CT molecular complexity index is 156. The fourth-order valence-corrected chi connectivity index (χ4v) is 1.15. The maximum absolute atomic E-state index is 9.88. The predicted octanol–water partition coefficient (Wildman–Crippen LogP) is 2.43. The summed E-state index contributed by atoms with van der Waals surface area (Å²) in [4.78, 5) is 0. The van der Waals surface area contributed by atoms with Gasteiger partial charge in [-0.25, -0.2) is 0 Å². The first-order valence-corrected chi connectivity index (χ1v) is 4.46. The molecule has 0 saturated carbocycles. The lowest BCUT2D eigenvalue weighted by Crippen LogP contribution is -2.40. The minimum atomic E-state index is -0.758. The molecule has 0 aromatic rings. The van der Waals surface area contributed by atoms with Crippen molar-refractivity contribution in [3.63, 3.8) is 0 Å². The van der Waals surface area contributed by atoms with Crippen molar-refractivity contribution >= 4 is 29.0 Å². The van der Waals surface area contributed by atoms with E-state index in [4.69, 9.17) is 12.2 Å². The number of hydrogen-bond acceptors (Lipinski definition) is 2. The quantitative estimate of drug-likeness (QED) is 0.517. The normalized spacial score (nSPS) is 17.6. The number of thiocarbonyl (C=S) groups is 1. The molecule has 0 amide bonds. The Kier molecular flexibility index (Phi) is 3.54. The molecule has 0 aliphatic rings. The third kappa shape index (κ3) is 3.54. The highest BCUT2D eigenvalue weighted by Crippen LogP contribution is 2.33. The van der Waals surface area contributed by atoms with E-state index in [9.17, 15) is 5.11 Å². The van der Waals surface area contributed by atoms with Crippen molar-refractivity contribution in [3.05, 3.63) is 0 Å². The van der Waals surface area contributed by atoms with E-state index in [-0.39, 0.29) is 5.41 Å². The largest absolute Gasteiger partial charge is 0.389 e. The average molecular weight is 192 g/mol. The molecule has 0 spiro atoms. The Morgan fingerprint density at radius 3 is 1.82 bits per heavy atom. The second-order valence-corrected chi connectivity index (χ2v) is 5.43. The van der Waals surface area contributed by atoms with E-state index in [0.717, 1.165) is 0 Å². The van der Waals surface area contributed by atoms with Gasteiger partial charge in [-0.05, 0) is 12.3 Å². The van der Waals surface area contributed by atoms with E-state index in [1.54, 1.807) is 6.92 Å². The van der Waals surface area contributed by atoms with Crippen molar-refractivity contribution in [1.29, 1.82) is 0 Å². The second-order valence-electron chi connectivity index (χ2n) is 4.09. The highest BCUT2D eigenvalue weighted by Gasteiger charge is 2.35. The molecule has 0 rings (SSSR count). The molecule has 0 radical (unpaired) electrons. The maximum Gasteiger partial charge on any atom is 0.0721 e. The van der Waals surface area contributed by atoms with E-state index in [2.05, 4.69) is 12.6 Å². The summed E-state index contributed by atoms with van der Waals surface area (Å²) in [7, 11) is 0. The van der Waals surface area contributed by atoms with Crippen LogP contribution in [0.5, 0.6) is 0 Å². The van der Waals surface area contributed by atoms with E-state index < -0.39 is 5.60 Å². The van der Waals surface area contributed by atoms with Gasteiger partial charge in [0.05, 0.1) is 5.60 Å². The average Bonchev–Trinajstić information content (AvgIpc) is 1.56. The molecule has 0 bridgehead atoms. The van der Waals surface area contributed by atoms with Crippen LogP contribution in [-0.4, -0.2) is 14.9 Å². The van der Waals surface area contributed by atoms with Crippen LogP contribution < -0.4 is 0 Å². The first-order valence-electron chi connectivity index (χ1n) is 3.61. The van der Waals surface area contributed by atoms with Crippen LogP contribution >= 0.6 is 24.8 Å². The lowest BCUT2D eigenvalue weighted by atomic mass is 9.76. The number of rotatable bonds is 2. The molecule has 0 aliphatic heterocycles. The molecule has 66 valence electrons. The van der Waals surface area contributed by atoms with Gasteiger partial charge in [-0.3, -0.25) is 0 Å². The van der Waals surface area contributed by atoms with Crippen LogP contribution in [0.25, 0.3) is 0 Å². The van der Waals surface area contributed by atoms with Gasteiger partial charge in [-0.2, -0.15) is 0 Å². The van der Waals surface area contributed by atoms with Crippen molar-refractivity contribution < 1.29 is 5.11 Å². The Labute approximate surface area is 79.6 Å². The smallest absolute Gasteiger partial charge is 0.0721 e. The van der Waals surface area contributed by atoms with Crippen LogP contribution in [0.2, 0.25) is 0 Å². The summed E-state index contributed by atoms with van der Waals surface area (Å²) in [5.74, 6) is 0. The van der Waals surface area contributed by atoms with Gasteiger partial charge in [-0.15, -0.1) is 12.6 Å². The van der Waals surface area contributed by atoms with Crippen LogP contribution in [0.1, 0.15) is 34.1 Å². The zero-order valence-electron chi connectivity index (χ0n) is 7.51. The van der Waals surface area contributed by atoms with Crippen molar-refractivity contribution in [2.75, 3.05) is 0 Å². The lowest BCUT2D eigenvalue weighted by Gasteiger charge is -2.36. The number of thiol groups is 1. The summed E-state index contributed by atoms with van der Waals surface area (Å²) < 4.78 is 0.560. The summed E-state index contributed by atoms with van der Waals surface area (Å²) in [6.07, 6.45) is 0.467. The van der Waals surface area contributed by atoms with Gasteiger partial charge in [-0.1, -0.05) is 33.0 Å². The first-order chi connectivity index (χ1) is 4.67. The third-order valence-corrected chi connectivity index (χ3v) is 2.41. The SMILES string of the molecule is CC(C)(C)[C@@](C)(O)CC(=S)S. The van der Waals surface area contributed by atoms with E-state index in [1.807, 2.05) is 20.8 Å². The van der Waals surface area contributed by atoms with Crippen LogP contribution in [0.4, 0.5) is 0 Å². The molecular weight excluding hydrogens is 176 g/mol. The summed E-state index contributed by atoms with van der Waals surface area (Å²) in [6, 6.07) is 0. The van der Waals surface area contributed by atoms with Gasteiger partial charge >= 0.3 is 0 Å². The molecule has 0 heterocycles. The van der Waals surface area contributed by atoms with Crippen LogP contribution in [-0.2, 0) is 0 Å². The lowest BCUT2D eigenvalue weighted by molar-refractivity contribution is -0.0336. The summed E-state index contributed by atoms with van der Waals surface area (Å²) in [5.41, 5.74) is -0.911. The topological polar surface area (TPSA) is 20.2 Å². The molecule has 11 heavy (non-hydrogen) atoms. The fraction of sp³-hybridized carbons (Fsp3) is 0.875. The standard InChI is InChI=1S/C8H16OS2/c1-7(2,3)8(4,9)5-6(10)11/h9H,5H2,1-4H3,(H,10,11)/t8-/m0/s1. The molecule has 0 aliphatic carbocycles. The monoisotopic (exact) mass is 192 g/mol. The highest BCUT2D eigenvalue weighted by molar-refractivity contribution is 8.11. The molecule has 0 fully saturated rings. The van der Waals surface area contributed by atoms with Gasteiger partial charge < -0.3 is 5.11 Å². The minimum Gasteiger partial charge on any atom is -0.389 e. The molecule has 3 heteroatoms. The second kappa shape index (κ2) is 3.42. The molecule has 1 atom stereocenters. The Morgan fingerprint density at radius 1 is 1.36 bits per heavy atom. The minimum absolute atomic E-state index is 0.153. The van der Waals surface area contributed by atoms with Crippen molar-refractivity contribution in [3.8, 4) is 0 Å². The van der Waals surface area contributed by atoms with Crippen molar-refractivity contribution in [2.24, 2.45) is 5.41 Å².